The van der Waals surface area contributed by atoms with E-state index in [0.717, 1.165) is 19.3 Å². The van der Waals surface area contributed by atoms with E-state index < -0.39 is 11.6 Å². The van der Waals surface area contributed by atoms with E-state index in [1.54, 1.807) is 0 Å². The average molecular weight is 265 g/mol. The van der Waals surface area contributed by atoms with Crippen molar-refractivity contribution in [2.75, 3.05) is 0 Å². The number of hydrogen-bond donors (Lipinski definition) is 0. The number of nitrogens with zero attached hydrogens (tertiary/aromatic N) is 1. The normalized spacial score (nSPS) is 62.3. The first-order valence-corrected chi connectivity index (χ1v) is 7.67. The molecule has 0 amide bonds. The van der Waals surface area contributed by atoms with Crippen LogP contribution in [0.2, 0.25) is 0 Å². The van der Waals surface area contributed by atoms with Crippen LogP contribution >= 0.6 is 0 Å². The lowest BCUT2D eigenvalue weighted by Crippen LogP contribution is -2.60. The van der Waals surface area contributed by atoms with Crippen molar-refractivity contribution in [2.45, 2.75) is 70.1 Å². The Morgan fingerprint density at radius 2 is 2.00 bits per heavy atom. The molecule has 4 nitrogen and oxygen atoms in total. The van der Waals surface area contributed by atoms with Crippen molar-refractivity contribution >= 4 is 0 Å². The maximum Gasteiger partial charge on any atom is 0.247 e. The molecule has 0 aromatic heterocycles. The van der Waals surface area contributed by atoms with E-state index in [2.05, 4.69) is 13.8 Å². The van der Waals surface area contributed by atoms with Crippen LogP contribution in [-0.2, 0) is 4.74 Å². The smallest absolute Gasteiger partial charge is 0.247 e. The van der Waals surface area contributed by atoms with Gasteiger partial charge in [-0.15, -0.1) is 0 Å². The van der Waals surface area contributed by atoms with Gasteiger partial charge in [-0.1, -0.05) is 6.92 Å². The lowest BCUT2D eigenvalue weighted by Gasteiger charge is -2.52. The highest BCUT2D eigenvalue weighted by atomic mass is 16.6. The lowest BCUT2D eigenvalue weighted by atomic mass is 9.49. The van der Waals surface area contributed by atoms with Gasteiger partial charge in [0.1, 0.15) is 5.60 Å². The summed E-state index contributed by atoms with van der Waals surface area (Å²) in [6, 6.07) is -0.485. The fraction of sp³-hybridized carbons (Fsp3) is 1.00. The van der Waals surface area contributed by atoms with Gasteiger partial charge in [-0.05, 0) is 57.3 Å². The third-order valence-corrected chi connectivity index (χ3v) is 7.38. The van der Waals surface area contributed by atoms with Crippen molar-refractivity contribution in [1.82, 2.24) is 0 Å². The minimum atomic E-state index is -0.525. The van der Waals surface area contributed by atoms with Crippen LogP contribution in [0.4, 0.5) is 0 Å². The summed E-state index contributed by atoms with van der Waals surface area (Å²) in [5.74, 6) is 1.22. The molecule has 0 aromatic carbocycles. The highest BCUT2D eigenvalue weighted by Gasteiger charge is 2.78. The lowest BCUT2D eigenvalue weighted by molar-refractivity contribution is -0.552. The minimum absolute atomic E-state index is 0.0336. The van der Waals surface area contributed by atoms with Crippen LogP contribution in [0.1, 0.15) is 52.9 Å². The molecule has 0 aromatic rings. The Morgan fingerprint density at radius 3 is 2.68 bits per heavy atom. The summed E-state index contributed by atoms with van der Waals surface area (Å²) in [6.07, 6.45) is 5.59. The first-order chi connectivity index (χ1) is 8.83. The van der Waals surface area contributed by atoms with Crippen LogP contribution < -0.4 is 0 Å². The van der Waals surface area contributed by atoms with Crippen molar-refractivity contribution < 1.29 is 9.66 Å². The molecule has 4 heteroatoms. The highest BCUT2D eigenvalue weighted by Crippen LogP contribution is 2.72. The topological polar surface area (TPSA) is 52.4 Å². The molecule has 4 fully saturated rings. The van der Waals surface area contributed by atoms with Crippen molar-refractivity contribution in [3.8, 4) is 0 Å². The van der Waals surface area contributed by atoms with Crippen LogP contribution in [0, 0.1) is 33.3 Å². The Hall–Kier alpha value is -0.640. The molecule has 3 bridgehead atoms. The number of rotatable bonds is 1. The Kier molecular flexibility index (Phi) is 2.02. The Labute approximate surface area is 114 Å². The monoisotopic (exact) mass is 265 g/mol. The van der Waals surface area contributed by atoms with Gasteiger partial charge in [-0.3, -0.25) is 10.1 Å². The molecule has 19 heavy (non-hydrogen) atoms. The van der Waals surface area contributed by atoms with Crippen LogP contribution in [0.15, 0.2) is 0 Å². The van der Waals surface area contributed by atoms with Gasteiger partial charge in [0.25, 0.3) is 0 Å². The zero-order valence-electron chi connectivity index (χ0n) is 12.0. The molecule has 4 aliphatic rings. The fourth-order valence-corrected chi connectivity index (χ4v) is 6.52. The molecule has 106 valence electrons. The SMILES string of the molecule is C[C@@H]1CC[C@@H]2[C@]13CC[C@@]1(C)O[C@@]2(C)[C@H]([N+](=O)[O-])[C@@H]1C3. The van der Waals surface area contributed by atoms with Gasteiger partial charge in [-0.2, -0.15) is 0 Å². The van der Waals surface area contributed by atoms with Crippen LogP contribution in [0.5, 0.6) is 0 Å². The molecule has 0 N–H and O–H groups in total. The standard InChI is InChI=1S/C15H23NO3/c1-9-4-5-11-14(3)12(16(17)18)10-8-15(9,11)7-6-13(10,2)19-14/h9-12H,4-8H2,1-3H3/t9-,10+,11+,12-,13-,14-,15+/m1/s1. The van der Waals surface area contributed by atoms with Crippen LogP contribution in [0.25, 0.3) is 0 Å². The van der Waals surface area contributed by atoms with Gasteiger partial charge >= 0.3 is 0 Å². The molecular weight excluding hydrogens is 242 g/mol. The molecule has 7 atom stereocenters. The zero-order chi connectivity index (χ0) is 13.6. The second-order valence-electron chi connectivity index (χ2n) is 7.90. The van der Waals surface area contributed by atoms with Crippen molar-refractivity contribution in [2.24, 2.45) is 23.2 Å². The molecule has 1 saturated heterocycles. The van der Waals surface area contributed by atoms with Gasteiger partial charge < -0.3 is 4.74 Å². The number of ether oxygens (including phenoxy) is 1. The number of fused-ring (bicyclic) bond motifs is 2. The second kappa shape index (κ2) is 3.16. The first kappa shape index (κ1) is 12.1. The van der Waals surface area contributed by atoms with E-state index in [-0.39, 0.29) is 16.4 Å². The predicted octanol–water partition coefficient (Wildman–Crippen LogP) is 3.03. The Morgan fingerprint density at radius 1 is 1.26 bits per heavy atom. The summed E-state index contributed by atoms with van der Waals surface area (Å²) < 4.78 is 6.44. The van der Waals surface area contributed by atoms with E-state index in [1.807, 2.05) is 6.92 Å². The van der Waals surface area contributed by atoms with Gasteiger partial charge in [0, 0.05) is 10.8 Å². The van der Waals surface area contributed by atoms with E-state index in [1.165, 1.54) is 12.8 Å². The molecule has 0 radical (unpaired) electrons. The van der Waals surface area contributed by atoms with Gasteiger partial charge in [-0.25, -0.2) is 0 Å². The van der Waals surface area contributed by atoms with E-state index in [9.17, 15) is 10.1 Å². The second-order valence-corrected chi connectivity index (χ2v) is 7.90. The fourth-order valence-electron chi connectivity index (χ4n) is 6.52. The maximum atomic E-state index is 11.6. The molecule has 3 aliphatic carbocycles. The Balaban J connectivity index is 1.90. The molecule has 0 unspecified atom stereocenters. The summed E-state index contributed by atoms with van der Waals surface area (Å²) in [4.78, 5) is 11.6. The van der Waals surface area contributed by atoms with Crippen molar-refractivity contribution in [1.29, 1.82) is 0 Å². The van der Waals surface area contributed by atoms with Crippen LogP contribution in [0.3, 0.4) is 0 Å². The van der Waals surface area contributed by atoms with E-state index >= 15 is 0 Å². The third-order valence-electron chi connectivity index (χ3n) is 7.38. The number of hydrogen-bond acceptors (Lipinski definition) is 3. The number of nitro groups is 1. The largest absolute Gasteiger partial charge is 0.361 e. The summed E-state index contributed by atoms with van der Waals surface area (Å²) in [5, 5.41) is 11.6. The molecule has 1 aliphatic heterocycles. The van der Waals surface area contributed by atoms with E-state index in [0.29, 0.717) is 17.3 Å². The van der Waals surface area contributed by atoms with Crippen LogP contribution in [-0.4, -0.2) is 22.2 Å². The summed E-state index contributed by atoms with van der Waals surface area (Å²) in [7, 11) is 0. The van der Waals surface area contributed by atoms with Gasteiger partial charge in [0.15, 0.2) is 0 Å². The molecule has 1 heterocycles. The summed E-state index contributed by atoms with van der Waals surface area (Å²) in [5.41, 5.74) is -0.438. The van der Waals surface area contributed by atoms with E-state index in [4.69, 9.17) is 4.74 Å². The molecule has 1 spiro atoms. The van der Waals surface area contributed by atoms with Gasteiger partial charge in [0.05, 0.1) is 11.5 Å². The zero-order valence-corrected chi connectivity index (χ0v) is 12.0. The maximum absolute atomic E-state index is 11.6. The highest BCUT2D eigenvalue weighted by molar-refractivity contribution is 5.22. The summed E-state index contributed by atoms with van der Waals surface area (Å²) in [6.45, 7) is 6.52. The minimum Gasteiger partial charge on any atom is -0.361 e. The predicted molar refractivity (Wildman–Crippen MR) is 70.3 cm³/mol. The summed E-state index contributed by atoms with van der Waals surface area (Å²) >= 11 is 0. The van der Waals surface area contributed by atoms with Crippen molar-refractivity contribution in [3.63, 3.8) is 0 Å². The first-order valence-electron chi connectivity index (χ1n) is 7.67. The van der Waals surface area contributed by atoms with Gasteiger partial charge in [0.2, 0.25) is 6.04 Å². The molecule has 4 rings (SSSR count). The third kappa shape index (κ3) is 1.12. The Bertz CT molecular complexity index is 466. The quantitative estimate of drug-likeness (QED) is 0.541. The molecular formula is C15H23NO3. The molecule has 3 saturated carbocycles. The van der Waals surface area contributed by atoms with Crippen molar-refractivity contribution in [3.05, 3.63) is 10.1 Å². The average Bonchev–Trinajstić information content (AvgIpc) is 2.69.